The van der Waals surface area contributed by atoms with Gasteiger partial charge in [-0.05, 0) is 154 Å². The highest BCUT2D eigenvalue weighted by molar-refractivity contribution is 7.27. The van der Waals surface area contributed by atoms with Crippen LogP contribution in [0.5, 0.6) is 0 Å². The molecule has 4 aliphatic rings. The summed E-state index contributed by atoms with van der Waals surface area (Å²) in [6.45, 7) is 24.1. The molecule has 7 heterocycles. The highest BCUT2D eigenvalue weighted by Crippen LogP contribution is 2.55. The van der Waals surface area contributed by atoms with Crippen molar-refractivity contribution in [3.8, 4) is 36.0 Å². The van der Waals surface area contributed by atoms with Crippen LogP contribution in [0.15, 0.2) is 90.5 Å². The van der Waals surface area contributed by atoms with Gasteiger partial charge in [-0.15, -0.1) is 34.0 Å². The summed E-state index contributed by atoms with van der Waals surface area (Å²) in [7, 11) is 0. The Balaban J connectivity index is 1.05. The summed E-state index contributed by atoms with van der Waals surface area (Å²) in [5, 5.41) is 18.5. The Hall–Kier alpha value is -5.14. The van der Waals surface area contributed by atoms with Gasteiger partial charge in [0.2, 0.25) is 0 Å². The fourth-order valence-corrected chi connectivity index (χ4v) is 13.6. The fraction of sp³-hybridized carbons (Fsp3) is 0.370. The van der Waals surface area contributed by atoms with E-state index in [9.17, 15) is 15.2 Å². The minimum Gasteiger partial charge on any atom is -0.477 e. The molecule has 0 amide bonds. The largest absolute Gasteiger partial charge is 0.477 e. The van der Waals surface area contributed by atoms with Crippen LogP contribution in [-0.4, -0.2) is 37.3 Å². The number of hydrogen-bond acceptors (Lipinski definition) is 8. The normalized spacial score (nSPS) is 18.9. The Bertz CT molecular complexity index is 2700. The maximum atomic E-state index is 11.4. The van der Waals surface area contributed by atoms with Gasteiger partial charge in [0.15, 0.2) is 0 Å². The Morgan fingerprint density at radius 1 is 0.571 bits per heavy atom. The maximum Gasteiger partial charge on any atom is 0.346 e. The molecule has 322 valence electrons. The number of benzene rings is 3. The van der Waals surface area contributed by atoms with E-state index in [1.165, 1.54) is 88.3 Å². The van der Waals surface area contributed by atoms with E-state index in [4.69, 9.17) is 0 Å². The van der Waals surface area contributed by atoms with Crippen LogP contribution >= 0.6 is 34.0 Å². The Morgan fingerprint density at radius 3 is 1.37 bits per heavy atom. The predicted molar refractivity (Wildman–Crippen MR) is 267 cm³/mol. The highest BCUT2D eigenvalue weighted by Gasteiger charge is 2.43. The third-order valence-corrected chi connectivity index (χ3v) is 18.3. The van der Waals surface area contributed by atoms with E-state index < -0.39 is 5.97 Å². The van der Waals surface area contributed by atoms with Gasteiger partial charge in [-0.3, -0.25) is 0 Å². The molecular weight excluding hydrogens is 833 g/mol. The number of thiophene rings is 3. The Kier molecular flexibility index (Phi) is 9.94. The van der Waals surface area contributed by atoms with Crippen LogP contribution in [0, 0.1) is 11.3 Å². The van der Waals surface area contributed by atoms with E-state index >= 15 is 0 Å². The number of carboxylic acid groups (broad SMARTS) is 1. The molecule has 0 atom stereocenters. The quantitative estimate of drug-likeness (QED) is 0.121. The molecule has 0 saturated heterocycles. The molecule has 0 bridgehead atoms. The number of nitriles is 1. The van der Waals surface area contributed by atoms with Crippen LogP contribution in [0.25, 0.3) is 36.0 Å². The van der Waals surface area contributed by atoms with E-state index in [1.54, 1.807) is 17.4 Å². The molecule has 0 aliphatic carbocycles. The van der Waals surface area contributed by atoms with Gasteiger partial charge >= 0.3 is 5.97 Å². The van der Waals surface area contributed by atoms with Crippen LogP contribution in [-0.2, 0) is 26.5 Å². The summed E-state index contributed by atoms with van der Waals surface area (Å²) in [5.74, 6) is -1.21. The molecule has 6 aromatic rings. The van der Waals surface area contributed by atoms with Crippen molar-refractivity contribution in [2.45, 2.75) is 103 Å². The number of anilines is 5. The van der Waals surface area contributed by atoms with E-state index in [1.807, 2.05) is 23.5 Å². The summed E-state index contributed by atoms with van der Waals surface area (Å²) in [5.41, 5.74) is 13.8. The molecule has 6 nitrogen and oxygen atoms in total. The first kappa shape index (κ1) is 41.8. The molecule has 3 aromatic carbocycles. The number of rotatable bonds is 8. The number of nitrogens with zero attached hydrogens (tertiary/aromatic N) is 4. The molecule has 0 radical (unpaired) electrons. The van der Waals surface area contributed by atoms with Gasteiger partial charge in [-0.2, -0.15) is 5.26 Å². The zero-order valence-corrected chi connectivity index (χ0v) is 40.1. The topological polar surface area (TPSA) is 70.8 Å². The van der Waals surface area contributed by atoms with Crippen LogP contribution in [0.4, 0.5) is 28.4 Å². The third-order valence-electron chi connectivity index (χ3n) is 14.7. The second kappa shape index (κ2) is 15.0. The zero-order chi connectivity index (χ0) is 44.2. The lowest BCUT2D eigenvalue weighted by Crippen LogP contribution is -2.45. The van der Waals surface area contributed by atoms with Crippen molar-refractivity contribution >= 4 is 74.5 Å². The molecule has 3 aromatic heterocycles. The van der Waals surface area contributed by atoms with Crippen molar-refractivity contribution in [1.29, 1.82) is 5.26 Å². The second-order valence-electron chi connectivity index (χ2n) is 20.7. The number of hydrogen-bond donors (Lipinski definition) is 1. The minimum atomic E-state index is -1.21. The summed E-state index contributed by atoms with van der Waals surface area (Å²) < 4.78 is 0. The van der Waals surface area contributed by atoms with Crippen molar-refractivity contribution in [2.24, 2.45) is 0 Å². The zero-order valence-electron chi connectivity index (χ0n) is 37.7. The van der Waals surface area contributed by atoms with Gasteiger partial charge in [0.1, 0.15) is 11.6 Å². The second-order valence-corrected chi connectivity index (χ2v) is 24.0. The van der Waals surface area contributed by atoms with Crippen molar-refractivity contribution in [1.82, 2.24) is 0 Å². The van der Waals surface area contributed by atoms with Crippen molar-refractivity contribution in [3.05, 3.63) is 118 Å². The minimum absolute atomic E-state index is 0.0696. The molecule has 0 spiro atoms. The van der Waals surface area contributed by atoms with Crippen LogP contribution in [0.2, 0.25) is 0 Å². The highest BCUT2D eigenvalue weighted by atomic mass is 32.1. The lowest BCUT2D eigenvalue weighted by atomic mass is 9.69. The third kappa shape index (κ3) is 7.23. The van der Waals surface area contributed by atoms with Gasteiger partial charge in [0.25, 0.3) is 0 Å². The standard InChI is InChI=1S/C54H56N4O2S3/c1-51(2)19-23-56-24-20-52(3,4)40-29-36(28-39(51)48(40)56)58(37-30-41-49-42(31-37)54(7,8)22-26-57(49)25-21-53(41,5)6)35-11-9-33(10-12-35)43-15-16-46(62-43)47-18-17-45(63-47)44-14-13-38(61-44)27-34(32-55)50(59)60/h9-18,27-31H,19-26H2,1-8H3,(H,59,60). The summed E-state index contributed by atoms with van der Waals surface area (Å²) in [4.78, 5) is 25.9. The van der Waals surface area contributed by atoms with Gasteiger partial charge in [-0.1, -0.05) is 67.5 Å². The molecule has 0 unspecified atom stereocenters. The molecule has 9 heteroatoms. The predicted octanol–water partition coefficient (Wildman–Crippen LogP) is 14.7. The maximum absolute atomic E-state index is 11.4. The lowest BCUT2D eigenvalue weighted by Gasteiger charge is -2.49. The summed E-state index contributed by atoms with van der Waals surface area (Å²) in [6, 6.07) is 33.9. The molecule has 10 rings (SSSR count). The number of carboxylic acids is 1. The first-order chi connectivity index (χ1) is 29.9. The smallest absolute Gasteiger partial charge is 0.346 e. The molecule has 0 saturated carbocycles. The first-order valence-electron chi connectivity index (χ1n) is 22.4. The van der Waals surface area contributed by atoms with Crippen molar-refractivity contribution < 1.29 is 9.90 Å². The number of carbonyl (C=O) groups is 1. The van der Waals surface area contributed by atoms with Crippen LogP contribution in [0.1, 0.15) is 108 Å². The average Bonchev–Trinajstić information content (AvgIpc) is 4.04. The molecular formula is C54H56N4O2S3. The Labute approximate surface area is 384 Å². The van der Waals surface area contributed by atoms with E-state index in [0.29, 0.717) is 0 Å². The van der Waals surface area contributed by atoms with Crippen molar-refractivity contribution in [3.63, 3.8) is 0 Å². The monoisotopic (exact) mass is 888 g/mol. The molecule has 1 N–H and O–H groups in total. The SMILES string of the molecule is CC1(C)CCN2CCC(C)(C)c3cc(N(c4ccc(-c5ccc(-c6ccc(-c7ccc(C=C(C#N)C(=O)O)s7)s6)s5)cc4)c4cc5c6c(c4)C(C)(C)CCN6CCC5(C)C)cc1c32. The van der Waals surface area contributed by atoms with Crippen LogP contribution in [0.3, 0.4) is 0 Å². The van der Waals surface area contributed by atoms with E-state index in [0.717, 1.165) is 66.5 Å². The van der Waals surface area contributed by atoms with Crippen LogP contribution < -0.4 is 14.7 Å². The van der Waals surface area contributed by atoms with Gasteiger partial charge in [-0.25, -0.2) is 4.79 Å². The summed E-state index contributed by atoms with van der Waals surface area (Å²) >= 11 is 5.04. The van der Waals surface area contributed by atoms with Gasteiger partial charge in [0.05, 0.1) is 0 Å². The molecule has 0 fully saturated rings. The van der Waals surface area contributed by atoms with E-state index in [-0.39, 0.29) is 27.2 Å². The Morgan fingerprint density at radius 2 is 0.952 bits per heavy atom. The average molecular weight is 889 g/mol. The fourth-order valence-electron chi connectivity index (χ4n) is 10.4. The first-order valence-corrected chi connectivity index (χ1v) is 24.8. The van der Waals surface area contributed by atoms with Gasteiger partial charge in [0, 0.05) is 83.9 Å². The van der Waals surface area contributed by atoms with Gasteiger partial charge < -0.3 is 19.8 Å². The number of aliphatic carboxylic acids is 1. The molecule has 63 heavy (non-hydrogen) atoms. The summed E-state index contributed by atoms with van der Waals surface area (Å²) in [6.07, 6.45) is 6.05. The molecule has 4 aliphatic heterocycles. The van der Waals surface area contributed by atoms with Crippen molar-refractivity contribution in [2.75, 3.05) is 40.9 Å². The lowest BCUT2D eigenvalue weighted by molar-refractivity contribution is -0.132. The van der Waals surface area contributed by atoms with E-state index in [2.05, 4.69) is 143 Å².